The molecule has 4 nitrogen and oxygen atoms in total. The van der Waals surface area contributed by atoms with E-state index in [2.05, 4.69) is 9.97 Å². The molecule has 2 aromatic heterocycles. The lowest BCUT2D eigenvalue weighted by Crippen LogP contribution is -1.84. The van der Waals surface area contributed by atoms with E-state index in [4.69, 9.17) is 32.4 Å². The quantitative estimate of drug-likeness (QED) is 0.491. The second-order valence-electron chi connectivity index (χ2n) is 5.01. The lowest BCUT2D eigenvalue weighted by Gasteiger charge is -2.00. The summed E-state index contributed by atoms with van der Waals surface area (Å²) in [5.74, 6) is 1.48. The molecule has 114 valence electrons. The first-order valence-corrected chi connectivity index (χ1v) is 7.60. The number of nitrogens with zero attached hydrogens (tertiary/aromatic N) is 2. The first-order chi connectivity index (χ1) is 11.1. The molecule has 0 spiro atoms. The van der Waals surface area contributed by atoms with Crippen molar-refractivity contribution >= 4 is 45.5 Å². The molecule has 4 rings (SSSR count). The van der Waals surface area contributed by atoms with E-state index < -0.39 is 0 Å². The standard InChI is InChI=1S/C17H10Cl2N2O2/c1-22-10-4-2-9(3-5-10)16-8-15-17(23-16)21-14-7-12(19)11(18)6-13(14)20-15/h2-8H,1H3. The van der Waals surface area contributed by atoms with Crippen LogP contribution in [0.2, 0.25) is 10.0 Å². The van der Waals surface area contributed by atoms with Crippen LogP contribution in [0.3, 0.4) is 0 Å². The number of furan rings is 1. The highest BCUT2D eigenvalue weighted by Gasteiger charge is 2.11. The topological polar surface area (TPSA) is 48.2 Å². The van der Waals surface area contributed by atoms with Crippen molar-refractivity contribution in [3.63, 3.8) is 0 Å². The van der Waals surface area contributed by atoms with Gasteiger partial charge in [0.1, 0.15) is 17.0 Å². The largest absolute Gasteiger partial charge is 0.497 e. The molecule has 0 fully saturated rings. The van der Waals surface area contributed by atoms with Crippen molar-refractivity contribution in [3.8, 4) is 17.1 Å². The van der Waals surface area contributed by atoms with Gasteiger partial charge in [-0.05, 0) is 36.4 Å². The maximum atomic E-state index is 6.03. The van der Waals surface area contributed by atoms with Crippen LogP contribution in [0.5, 0.6) is 5.75 Å². The van der Waals surface area contributed by atoms with E-state index in [9.17, 15) is 0 Å². The van der Waals surface area contributed by atoms with Gasteiger partial charge in [0, 0.05) is 11.6 Å². The van der Waals surface area contributed by atoms with Gasteiger partial charge in [-0.3, -0.25) is 0 Å². The summed E-state index contributed by atoms with van der Waals surface area (Å²) in [7, 11) is 1.63. The van der Waals surface area contributed by atoms with E-state index in [-0.39, 0.29) is 0 Å². The van der Waals surface area contributed by atoms with Crippen LogP contribution in [-0.4, -0.2) is 17.1 Å². The maximum Gasteiger partial charge on any atom is 0.246 e. The van der Waals surface area contributed by atoms with E-state index in [1.54, 1.807) is 19.2 Å². The third-order valence-electron chi connectivity index (χ3n) is 3.55. The average molecular weight is 345 g/mol. The molecule has 0 amide bonds. The third-order valence-corrected chi connectivity index (χ3v) is 4.27. The van der Waals surface area contributed by atoms with E-state index >= 15 is 0 Å². The molecule has 0 bridgehead atoms. The fraction of sp³-hybridized carbons (Fsp3) is 0.0588. The fourth-order valence-corrected chi connectivity index (χ4v) is 2.69. The summed E-state index contributed by atoms with van der Waals surface area (Å²) in [5, 5.41) is 0.890. The number of rotatable bonds is 2. The zero-order valence-corrected chi connectivity index (χ0v) is 13.5. The molecule has 0 aliphatic heterocycles. The summed E-state index contributed by atoms with van der Waals surface area (Å²) >= 11 is 12.1. The van der Waals surface area contributed by atoms with Crippen LogP contribution >= 0.6 is 23.2 Å². The van der Waals surface area contributed by atoms with Gasteiger partial charge in [0.05, 0.1) is 28.2 Å². The zero-order chi connectivity index (χ0) is 16.0. The van der Waals surface area contributed by atoms with Crippen LogP contribution in [0.15, 0.2) is 46.9 Å². The van der Waals surface area contributed by atoms with Crippen molar-refractivity contribution in [2.45, 2.75) is 0 Å². The fourth-order valence-electron chi connectivity index (χ4n) is 2.37. The Balaban J connectivity index is 1.87. The van der Waals surface area contributed by atoms with Gasteiger partial charge in [0.25, 0.3) is 0 Å². The molecule has 0 saturated carbocycles. The summed E-state index contributed by atoms with van der Waals surface area (Å²) in [5.41, 5.74) is 3.37. The SMILES string of the molecule is COc1ccc(-c2cc3nc4cc(Cl)c(Cl)cc4nc3o2)cc1. The van der Waals surface area contributed by atoms with Crippen LogP contribution in [0.1, 0.15) is 0 Å². The Morgan fingerprint density at radius 1 is 0.870 bits per heavy atom. The molecular weight excluding hydrogens is 335 g/mol. The zero-order valence-electron chi connectivity index (χ0n) is 12.0. The molecule has 0 N–H and O–H groups in total. The number of halogens is 2. The van der Waals surface area contributed by atoms with Gasteiger partial charge < -0.3 is 9.15 Å². The number of hydrogen-bond acceptors (Lipinski definition) is 4. The molecule has 0 atom stereocenters. The second kappa shape index (κ2) is 5.41. The Labute approximate surface area is 141 Å². The van der Waals surface area contributed by atoms with Gasteiger partial charge in [-0.15, -0.1) is 0 Å². The first-order valence-electron chi connectivity index (χ1n) is 6.85. The van der Waals surface area contributed by atoms with Crippen molar-refractivity contribution in [1.29, 1.82) is 0 Å². The molecule has 0 unspecified atom stereocenters. The normalized spacial score (nSPS) is 11.3. The Morgan fingerprint density at radius 3 is 2.17 bits per heavy atom. The third kappa shape index (κ3) is 2.50. The Morgan fingerprint density at radius 2 is 1.52 bits per heavy atom. The molecular formula is C17H10Cl2N2O2. The van der Waals surface area contributed by atoms with Gasteiger partial charge in [-0.1, -0.05) is 23.2 Å². The van der Waals surface area contributed by atoms with Gasteiger partial charge in [-0.2, -0.15) is 0 Å². The highest BCUT2D eigenvalue weighted by Crippen LogP contribution is 2.31. The average Bonchev–Trinajstić information content (AvgIpc) is 2.97. The molecule has 0 saturated heterocycles. The lowest BCUT2D eigenvalue weighted by molar-refractivity contribution is 0.415. The lowest BCUT2D eigenvalue weighted by atomic mass is 10.1. The number of ether oxygens (including phenoxy) is 1. The van der Waals surface area contributed by atoms with Crippen LogP contribution in [-0.2, 0) is 0 Å². The molecule has 4 aromatic rings. The van der Waals surface area contributed by atoms with E-state index in [0.29, 0.717) is 38.1 Å². The van der Waals surface area contributed by atoms with Crippen LogP contribution in [0.25, 0.3) is 33.6 Å². The van der Waals surface area contributed by atoms with Crippen LogP contribution in [0, 0.1) is 0 Å². The molecule has 23 heavy (non-hydrogen) atoms. The number of methoxy groups -OCH3 is 1. The predicted molar refractivity (Wildman–Crippen MR) is 91.3 cm³/mol. The molecule has 0 aliphatic rings. The van der Waals surface area contributed by atoms with E-state index in [0.717, 1.165) is 11.3 Å². The van der Waals surface area contributed by atoms with E-state index in [1.807, 2.05) is 30.3 Å². The van der Waals surface area contributed by atoms with Gasteiger partial charge in [0.15, 0.2) is 0 Å². The van der Waals surface area contributed by atoms with Gasteiger partial charge in [-0.25, -0.2) is 9.97 Å². The summed E-state index contributed by atoms with van der Waals surface area (Å²) in [4.78, 5) is 9.00. The number of fused-ring (bicyclic) bond motifs is 2. The van der Waals surface area contributed by atoms with Crippen molar-refractivity contribution in [1.82, 2.24) is 9.97 Å². The van der Waals surface area contributed by atoms with Crippen molar-refractivity contribution in [2.75, 3.05) is 7.11 Å². The van der Waals surface area contributed by atoms with Gasteiger partial charge >= 0.3 is 0 Å². The van der Waals surface area contributed by atoms with Gasteiger partial charge in [0.2, 0.25) is 5.71 Å². The highest BCUT2D eigenvalue weighted by atomic mass is 35.5. The Hall–Kier alpha value is -2.30. The minimum atomic E-state index is 0.440. The molecule has 6 heteroatoms. The summed E-state index contributed by atoms with van der Waals surface area (Å²) < 4.78 is 11.0. The highest BCUT2D eigenvalue weighted by molar-refractivity contribution is 6.42. The van der Waals surface area contributed by atoms with E-state index in [1.165, 1.54) is 0 Å². The number of aromatic nitrogens is 2. The van der Waals surface area contributed by atoms with Crippen LogP contribution < -0.4 is 4.74 Å². The molecule has 0 aliphatic carbocycles. The minimum absolute atomic E-state index is 0.440. The number of benzene rings is 2. The number of hydrogen-bond donors (Lipinski definition) is 0. The Bertz CT molecular complexity index is 968. The summed E-state index contributed by atoms with van der Waals surface area (Å²) in [6, 6.07) is 12.8. The second-order valence-corrected chi connectivity index (χ2v) is 5.82. The summed E-state index contributed by atoms with van der Waals surface area (Å²) in [6.07, 6.45) is 0. The summed E-state index contributed by atoms with van der Waals surface area (Å²) in [6.45, 7) is 0. The monoisotopic (exact) mass is 344 g/mol. The molecule has 2 heterocycles. The smallest absolute Gasteiger partial charge is 0.246 e. The maximum absolute atomic E-state index is 6.03. The molecule has 0 radical (unpaired) electrons. The minimum Gasteiger partial charge on any atom is -0.497 e. The van der Waals surface area contributed by atoms with Crippen molar-refractivity contribution < 1.29 is 9.15 Å². The van der Waals surface area contributed by atoms with Crippen molar-refractivity contribution in [2.24, 2.45) is 0 Å². The molecule has 2 aromatic carbocycles. The first kappa shape index (κ1) is 14.3. The Kier molecular flexibility index (Phi) is 3.36. The van der Waals surface area contributed by atoms with Crippen LogP contribution in [0.4, 0.5) is 0 Å². The van der Waals surface area contributed by atoms with Crippen molar-refractivity contribution in [3.05, 3.63) is 52.5 Å². The predicted octanol–water partition coefficient (Wildman–Crippen LogP) is 5.36.